The Morgan fingerprint density at radius 3 is 2.77 bits per heavy atom. The molecule has 7 nitrogen and oxygen atoms in total. The van der Waals surface area contributed by atoms with Gasteiger partial charge in [0.05, 0.1) is 18.9 Å². The third kappa shape index (κ3) is 4.77. The first-order valence-electron chi connectivity index (χ1n) is 10.5. The molecule has 1 unspecified atom stereocenters. The van der Waals surface area contributed by atoms with E-state index in [1.807, 2.05) is 18.2 Å². The average molecular weight is 444 g/mol. The first-order valence-corrected chi connectivity index (χ1v) is 10.9. The Kier molecular flexibility index (Phi) is 6.32. The van der Waals surface area contributed by atoms with E-state index in [1.54, 1.807) is 25.4 Å². The van der Waals surface area contributed by atoms with Crippen LogP contribution in [0.2, 0.25) is 5.15 Å². The van der Waals surface area contributed by atoms with Gasteiger partial charge >= 0.3 is 0 Å². The number of amides is 2. The molecule has 2 fully saturated rings. The minimum Gasteiger partial charge on any atom is -0.493 e. The topological polar surface area (TPSA) is 89.5 Å². The highest BCUT2D eigenvalue weighted by Crippen LogP contribution is 2.40. The van der Waals surface area contributed by atoms with Gasteiger partial charge in [-0.2, -0.15) is 0 Å². The van der Waals surface area contributed by atoms with Crippen molar-refractivity contribution in [2.75, 3.05) is 19.0 Å². The highest BCUT2D eigenvalue weighted by molar-refractivity contribution is 6.32. The first kappa shape index (κ1) is 21.4. The van der Waals surface area contributed by atoms with Gasteiger partial charge in [-0.1, -0.05) is 17.7 Å². The van der Waals surface area contributed by atoms with E-state index in [0.29, 0.717) is 23.7 Å². The number of carbonyl (C=O) groups excluding carboxylic acids is 2. The number of nitrogens with zero attached hydrogens (tertiary/aromatic N) is 1. The number of pyridine rings is 1. The molecule has 0 spiro atoms. The summed E-state index contributed by atoms with van der Waals surface area (Å²) in [6.07, 6.45) is 6.42. The SMILES string of the molecule is COc1ccc(C2(CC(=O)Nc3cccnc3Cl)CNC(=O)C2)cc1OC1CCCC1. The first-order chi connectivity index (χ1) is 15.0. The maximum absolute atomic E-state index is 12.9. The number of ether oxygens (including phenoxy) is 2. The van der Waals surface area contributed by atoms with Crippen LogP contribution in [0.3, 0.4) is 0 Å². The van der Waals surface area contributed by atoms with Crippen molar-refractivity contribution in [3.8, 4) is 11.5 Å². The zero-order valence-electron chi connectivity index (χ0n) is 17.4. The Morgan fingerprint density at radius 2 is 2.10 bits per heavy atom. The molecule has 0 radical (unpaired) electrons. The molecule has 8 heteroatoms. The van der Waals surface area contributed by atoms with Crippen LogP contribution in [0.5, 0.6) is 11.5 Å². The van der Waals surface area contributed by atoms with Crippen LogP contribution in [-0.2, 0) is 15.0 Å². The number of halogens is 1. The lowest BCUT2D eigenvalue weighted by Gasteiger charge is -2.28. The van der Waals surface area contributed by atoms with Crippen LogP contribution in [0.25, 0.3) is 0 Å². The van der Waals surface area contributed by atoms with Crippen molar-refractivity contribution in [3.63, 3.8) is 0 Å². The van der Waals surface area contributed by atoms with Crippen LogP contribution in [0.4, 0.5) is 5.69 Å². The molecule has 2 aliphatic rings. The van der Waals surface area contributed by atoms with Crippen molar-refractivity contribution in [2.24, 2.45) is 0 Å². The molecule has 2 heterocycles. The molecule has 2 N–H and O–H groups in total. The predicted molar refractivity (Wildman–Crippen MR) is 118 cm³/mol. The molecule has 0 bridgehead atoms. The van der Waals surface area contributed by atoms with Gasteiger partial charge in [-0.25, -0.2) is 4.98 Å². The second kappa shape index (κ2) is 9.14. The molecule has 1 aromatic heterocycles. The fraction of sp³-hybridized carbons (Fsp3) is 0.435. The zero-order chi connectivity index (χ0) is 21.8. The van der Waals surface area contributed by atoms with Gasteiger partial charge < -0.3 is 20.1 Å². The molecule has 1 aliphatic carbocycles. The van der Waals surface area contributed by atoms with Crippen molar-refractivity contribution in [3.05, 3.63) is 47.2 Å². The lowest BCUT2D eigenvalue weighted by Crippen LogP contribution is -2.34. The highest BCUT2D eigenvalue weighted by atomic mass is 35.5. The number of hydrogen-bond donors (Lipinski definition) is 2. The van der Waals surface area contributed by atoms with E-state index in [2.05, 4.69) is 15.6 Å². The van der Waals surface area contributed by atoms with Gasteiger partial charge in [0.1, 0.15) is 0 Å². The predicted octanol–water partition coefficient (Wildman–Crippen LogP) is 3.85. The lowest BCUT2D eigenvalue weighted by atomic mass is 9.76. The number of hydrogen-bond acceptors (Lipinski definition) is 5. The van der Waals surface area contributed by atoms with Gasteiger partial charge in [-0.15, -0.1) is 0 Å². The molecule has 164 valence electrons. The number of benzene rings is 1. The molecule has 1 aliphatic heterocycles. The third-order valence-electron chi connectivity index (χ3n) is 6.03. The molecule has 31 heavy (non-hydrogen) atoms. The Labute approximate surface area is 186 Å². The maximum Gasteiger partial charge on any atom is 0.225 e. The number of rotatable bonds is 7. The number of nitrogens with one attached hydrogen (secondary N) is 2. The molecule has 2 aromatic rings. The van der Waals surface area contributed by atoms with Gasteiger partial charge in [-0.05, 0) is 55.5 Å². The van der Waals surface area contributed by atoms with E-state index in [0.717, 1.165) is 31.2 Å². The summed E-state index contributed by atoms with van der Waals surface area (Å²) in [5.74, 6) is 0.984. The smallest absolute Gasteiger partial charge is 0.225 e. The van der Waals surface area contributed by atoms with Crippen LogP contribution in [0.1, 0.15) is 44.1 Å². The average Bonchev–Trinajstić information content (AvgIpc) is 3.40. The quantitative estimate of drug-likeness (QED) is 0.634. The van der Waals surface area contributed by atoms with E-state index in [-0.39, 0.29) is 35.9 Å². The summed E-state index contributed by atoms with van der Waals surface area (Å²) in [5, 5.41) is 5.92. The Balaban J connectivity index is 1.60. The lowest BCUT2D eigenvalue weighted by molar-refractivity contribution is -0.119. The van der Waals surface area contributed by atoms with Crippen LogP contribution in [0.15, 0.2) is 36.5 Å². The highest BCUT2D eigenvalue weighted by Gasteiger charge is 2.42. The van der Waals surface area contributed by atoms with E-state index < -0.39 is 5.41 Å². The van der Waals surface area contributed by atoms with Crippen LogP contribution in [-0.4, -0.2) is 36.6 Å². The number of aromatic nitrogens is 1. The molecule has 1 saturated carbocycles. The Hall–Kier alpha value is -2.80. The number of methoxy groups -OCH3 is 1. The van der Waals surface area contributed by atoms with Crippen molar-refractivity contribution >= 4 is 29.1 Å². The maximum atomic E-state index is 12.9. The summed E-state index contributed by atoms with van der Waals surface area (Å²) < 4.78 is 11.7. The Morgan fingerprint density at radius 1 is 1.29 bits per heavy atom. The van der Waals surface area contributed by atoms with Crippen molar-refractivity contribution in [1.82, 2.24) is 10.3 Å². The third-order valence-corrected chi connectivity index (χ3v) is 6.33. The standard InChI is InChI=1S/C23H26ClN3O4/c1-30-18-9-8-15(11-19(18)31-16-5-2-3-6-16)23(12-20(28)26-14-23)13-21(29)27-17-7-4-10-25-22(17)24/h4,7-11,16H,2-3,5-6,12-14H2,1H3,(H,26,28)(H,27,29). The van der Waals surface area contributed by atoms with Crippen molar-refractivity contribution in [2.45, 2.75) is 50.0 Å². The second-order valence-corrected chi connectivity index (χ2v) is 8.55. The van der Waals surface area contributed by atoms with Crippen LogP contribution >= 0.6 is 11.6 Å². The normalized spacial score (nSPS) is 21.0. The molecular weight excluding hydrogens is 418 g/mol. The minimum absolute atomic E-state index is 0.0821. The van der Waals surface area contributed by atoms with E-state index >= 15 is 0 Å². The van der Waals surface area contributed by atoms with E-state index in [1.165, 1.54) is 0 Å². The monoisotopic (exact) mass is 443 g/mol. The fourth-order valence-corrected chi connectivity index (χ4v) is 4.56. The molecular formula is C23H26ClN3O4. The van der Waals surface area contributed by atoms with Gasteiger partial charge in [0.2, 0.25) is 11.8 Å². The van der Waals surface area contributed by atoms with Gasteiger partial charge in [0.15, 0.2) is 16.7 Å². The van der Waals surface area contributed by atoms with Crippen molar-refractivity contribution < 1.29 is 19.1 Å². The summed E-state index contributed by atoms with van der Waals surface area (Å²) in [5.41, 5.74) is 0.629. The molecule has 2 amide bonds. The number of anilines is 1. The Bertz CT molecular complexity index is 977. The summed E-state index contributed by atoms with van der Waals surface area (Å²) >= 11 is 6.07. The number of carbonyl (C=O) groups is 2. The molecule has 1 atom stereocenters. The van der Waals surface area contributed by atoms with Crippen LogP contribution < -0.4 is 20.1 Å². The van der Waals surface area contributed by atoms with Crippen molar-refractivity contribution in [1.29, 1.82) is 0 Å². The summed E-state index contributed by atoms with van der Waals surface area (Å²) in [6.45, 7) is 0.370. The van der Waals surface area contributed by atoms with Gasteiger partial charge in [-0.3, -0.25) is 9.59 Å². The summed E-state index contributed by atoms with van der Waals surface area (Å²) in [4.78, 5) is 29.1. The molecule has 1 aromatic carbocycles. The largest absolute Gasteiger partial charge is 0.493 e. The molecule has 4 rings (SSSR count). The van der Waals surface area contributed by atoms with Crippen LogP contribution in [0, 0.1) is 0 Å². The zero-order valence-corrected chi connectivity index (χ0v) is 18.2. The summed E-state index contributed by atoms with van der Waals surface area (Å²) in [6, 6.07) is 9.07. The van der Waals surface area contributed by atoms with Gasteiger partial charge in [0, 0.05) is 31.0 Å². The summed E-state index contributed by atoms with van der Waals surface area (Å²) in [7, 11) is 1.61. The fourth-order valence-electron chi connectivity index (χ4n) is 4.40. The van der Waals surface area contributed by atoms with Gasteiger partial charge in [0.25, 0.3) is 0 Å². The minimum atomic E-state index is -0.685. The second-order valence-electron chi connectivity index (χ2n) is 8.19. The van der Waals surface area contributed by atoms with E-state index in [9.17, 15) is 9.59 Å². The van der Waals surface area contributed by atoms with E-state index in [4.69, 9.17) is 21.1 Å². The molecule has 1 saturated heterocycles.